The summed E-state index contributed by atoms with van der Waals surface area (Å²) in [7, 11) is 0. The standard InChI is InChI=1S/C11H9N5O5/c12-9(8-10(13)16-21-14-8)15-20-11(17)5-1-2-6-7(3-5)19-4-18-6/h1-3H,4H2,(H2,12,15)(H2,13,16). The van der Waals surface area contributed by atoms with Gasteiger partial charge in [0, 0.05) is 0 Å². The van der Waals surface area contributed by atoms with Crippen molar-refractivity contribution in [1.29, 1.82) is 0 Å². The van der Waals surface area contributed by atoms with Gasteiger partial charge in [0.05, 0.1) is 5.56 Å². The molecule has 0 aliphatic carbocycles. The maximum atomic E-state index is 11.8. The lowest BCUT2D eigenvalue weighted by atomic mass is 10.2. The van der Waals surface area contributed by atoms with Gasteiger partial charge in [-0.3, -0.25) is 0 Å². The third-order valence-corrected chi connectivity index (χ3v) is 2.59. The molecule has 0 atom stereocenters. The monoisotopic (exact) mass is 291 g/mol. The Hall–Kier alpha value is -3.30. The first kappa shape index (κ1) is 12.7. The lowest BCUT2D eigenvalue weighted by Gasteiger charge is -2.01. The number of benzene rings is 1. The zero-order valence-electron chi connectivity index (χ0n) is 10.5. The van der Waals surface area contributed by atoms with Crippen molar-refractivity contribution in [3.63, 3.8) is 0 Å². The number of fused-ring (bicyclic) bond motifs is 1. The number of anilines is 1. The fourth-order valence-electron chi connectivity index (χ4n) is 1.58. The van der Waals surface area contributed by atoms with Crippen molar-refractivity contribution < 1.29 is 23.7 Å². The average Bonchev–Trinajstić information content (AvgIpc) is 3.11. The van der Waals surface area contributed by atoms with Crippen molar-refractivity contribution in [1.82, 2.24) is 10.3 Å². The highest BCUT2D eigenvalue weighted by molar-refractivity contribution is 5.99. The van der Waals surface area contributed by atoms with E-state index in [1.807, 2.05) is 0 Å². The van der Waals surface area contributed by atoms with Crippen molar-refractivity contribution in [2.75, 3.05) is 12.5 Å². The van der Waals surface area contributed by atoms with E-state index in [9.17, 15) is 4.79 Å². The van der Waals surface area contributed by atoms with Crippen molar-refractivity contribution >= 4 is 17.6 Å². The third-order valence-electron chi connectivity index (χ3n) is 2.59. The van der Waals surface area contributed by atoms with Gasteiger partial charge in [-0.2, -0.15) is 0 Å². The SMILES string of the molecule is NC(=NOC(=O)c1ccc2c(c1)OCO2)c1nonc1N. The van der Waals surface area contributed by atoms with Crippen LogP contribution in [0.5, 0.6) is 11.5 Å². The lowest BCUT2D eigenvalue weighted by molar-refractivity contribution is 0.0515. The topological polar surface area (TPSA) is 148 Å². The summed E-state index contributed by atoms with van der Waals surface area (Å²) in [5.41, 5.74) is 11.2. The Morgan fingerprint density at radius 1 is 1.29 bits per heavy atom. The molecule has 2 heterocycles. The Balaban J connectivity index is 1.73. The summed E-state index contributed by atoms with van der Waals surface area (Å²) in [5, 5.41) is 10.2. The number of aromatic nitrogens is 2. The predicted molar refractivity (Wildman–Crippen MR) is 67.4 cm³/mol. The Bertz CT molecular complexity index is 726. The molecule has 1 aromatic carbocycles. The minimum Gasteiger partial charge on any atom is -0.454 e. The Labute approximate surface area is 117 Å². The van der Waals surface area contributed by atoms with Gasteiger partial charge in [-0.1, -0.05) is 5.16 Å². The second-order valence-electron chi connectivity index (χ2n) is 3.92. The largest absolute Gasteiger partial charge is 0.454 e. The van der Waals surface area contributed by atoms with Gasteiger partial charge in [0.25, 0.3) is 0 Å². The molecule has 0 radical (unpaired) electrons. The zero-order valence-corrected chi connectivity index (χ0v) is 10.5. The van der Waals surface area contributed by atoms with E-state index in [2.05, 4.69) is 20.1 Å². The van der Waals surface area contributed by atoms with Gasteiger partial charge < -0.3 is 25.8 Å². The maximum absolute atomic E-state index is 11.8. The summed E-state index contributed by atoms with van der Waals surface area (Å²) >= 11 is 0. The number of amidine groups is 1. The van der Waals surface area contributed by atoms with E-state index in [1.54, 1.807) is 6.07 Å². The first-order valence-electron chi connectivity index (χ1n) is 5.68. The number of hydrogen-bond donors (Lipinski definition) is 2. The van der Waals surface area contributed by atoms with E-state index >= 15 is 0 Å². The lowest BCUT2D eigenvalue weighted by Crippen LogP contribution is -2.17. The van der Waals surface area contributed by atoms with Gasteiger partial charge in [0.1, 0.15) is 0 Å². The van der Waals surface area contributed by atoms with Crippen LogP contribution >= 0.6 is 0 Å². The van der Waals surface area contributed by atoms with E-state index in [4.69, 9.17) is 25.8 Å². The highest BCUT2D eigenvalue weighted by Crippen LogP contribution is 2.32. The minimum atomic E-state index is -0.730. The normalized spacial score (nSPS) is 13.2. The molecule has 1 aliphatic rings. The van der Waals surface area contributed by atoms with Crippen LogP contribution in [0.1, 0.15) is 16.1 Å². The molecule has 0 unspecified atom stereocenters. The van der Waals surface area contributed by atoms with Crippen LogP contribution < -0.4 is 20.9 Å². The predicted octanol–water partition coefficient (Wildman–Crippen LogP) is -0.142. The fourth-order valence-corrected chi connectivity index (χ4v) is 1.58. The fraction of sp³-hybridized carbons (Fsp3) is 0.0909. The molecule has 4 N–H and O–H groups in total. The molecule has 0 saturated carbocycles. The Morgan fingerprint density at radius 2 is 2.10 bits per heavy atom. The first-order chi connectivity index (χ1) is 10.1. The van der Waals surface area contributed by atoms with E-state index in [-0.39, 0.29) is 29.7 Å². The van der Waals surface area contributed by atoms with Gasteiger partial charge in [0.2, 0.25) is 6.79 Å². The van der Waals surface area contributed by atoms with Crippen molar-refractivity contribution in [2.45, 2.75) is 0 Å². The third kappa shape index (κ3) is 2.41. The molecule has 2 aromatic rings. The molecule has 1 aliphatic heterocycles. The van der Waals surface area contributed by atoms with E-state index in [0.29, 0.717) is 11.5 Å². The number of hydrogen-bond acceptors (Lipinski definition) is 9. The van der Waals surface area contributed by atoms with Crippen LogP contribution in [0, 0.1) is 0 Å². The minimum absolute atomic E-state index is 0.00603. The van der Waals surface area contributed by atoms with Crippen LogP contribution in [0.3, 0.4) is 0 Å². The number of ether oxygens (including phenoxy) is 2. The van der Waals surface area contributed by atoms with Crippen molar-refractivity contribution in [2.24, 2.45) is 10.9 Å². The number of carbonyl (C=O) groups is 1. The maximum Gasteiger partial charge on any atom is 0.365 e. The molecule has 0 amide bonds. The Morgan fingerprint density at radius 3 is 2.86 bits per heavy atom. The molecule has 10 heteroatoms. The number of nitrogens with zero attached hydrogens (tertiary/aromatic N) is 3. The first-order valence-corrected chi connectivity index (χ1v) is 5.68. The summed E-state index contributed by atoms with van der Waals surface area (Å²) in [4.78, 5) is 16.5. The summed E-state index contributed by atoms with van der Waals surface area (Å²) < 4.78 is 14.6. The van der Waals surface area contributed by atoms with E-state index in [0.717, 1.165) is 0 Å². The van der Waals surface area contributed by atoms with E-state index in [1.165, 1.54) is 12.1 Å². The van der Waals surface area contributed by atoms with Gasteiger partial charge in [0.15, 0.2) is 28.8 Å². The zero-order chi connectivity index (χ0) is 14.8. The molecule has 0 fully saturated rings. The van der Waals surface area contributed by atoms with Crippen LogP contribution in [0.15, 0.2) is 28.0 Å². The van der Waals surface area contributed by atoms with Crippen LogP contribution in [0.4, 0.5) is 5.82 Å². The van der Waals surface area contributed by atoms with Gasteiger partial charge in [-0.05, 0) is 28.5 Å². The number of carbonyl (C=O) groups excluding carboxylic acids is 1. The smallest absolute Gasteiger partial charge is 0.365 e. The van der Waals surface area contributed by atoms with Gasteiger partial charge in [-0.15, -0.1) is 0 Å². The van der Waals surface area contributed by atoms with Crippen LogP contribution in [-0.2, 0) is 4.84 Å². The molecular formula is C11H9N5O5. The molecule has 1 aromatic heterocycles. The number of nitrogen functional groups attached to an aromatic ring is 1. The molecule has 0 saturated heterocycles. The second kappa shape index (κ2) is 5.00. The Kier molecular flexibility index (Phi) is 3.03. The van der Waals surface area contributed by atoms with Crippen LogP contribution in [0.25, 0.3) is 0 Å². The molecular weight excluding hydrogens is 282 g/mol. The summed E-state index contributed by atoms with van der Waals surface area (Å²) in [5.74, 6) is -0.0214. The van der Waals surface area contributed by atoms with Crippen molar-refractivity contribution in [3.05, 3.63) is 29.5 Å². The molecule has 0 bridgehead atoms. The molecule has 0 spiro atoms. The molecule has 21 heavy (non-hydrogen) atoms. The highest BCUT2D eigenvalue weighted by atomic mass is 16.7. The molecule has 108 valence electrons. The van der Waals surface area contributed by atoms with Gasteiger partial charge >= 0.3 is 5.97 Å². The number of rotatable bonds is 3. The van der Waals surface area contributed by atoms with E-state index < -0.39 is 5.97 Å². The molecule has 10 nitrogen and oxygen atoms in total. The summed E-state index contributed by atoms with van der Waals surface area (Å²) in [6.07, 6.45) is 0. The van der Waals surface area contributed by atoms with Gasteiger partial charge in [-0.25, -0.2) is 9.42 Å². The number of oxime groups is 1. The second-order valence-corrected chi connectivity index (χ2v) is 3.92. The average molecular weight is 291 g/mol. The molecule has 3 rings (SSSR count). The quantitative estimate of drug-likeness (QED) is 0.341. The van der Waals surface area contributed by atoms with Crippen LogP contribution in [0.2, 0.25) is 0 Å². The number of nitrogens with two attached hydrogens (primary N) is 2. The van der Waals surface area contributed by atoms with Crippen LogP contribution in [-0.4, -0.2) is 28.9 Å². The summed E-state index contributed by atoms with van der Waals surface area (Å²) in [6, 6.07) is 4.57. The summed E-state index contributed by atoms with van der Waals surface area (Å²) in [6.45, 7) is 0.109. The highest BCUT2D eigenvalue weighted by Gasteiger charge is 2.18. The van der Waals surface area contributed by atoms with Crippen molar-refractivity contribution in [3.8, 4) is 11.5 Å².